The van der Waals surface area contributed by atoms with Gasteiger partial charge in [0.05, 0.1) is 34.7 Å². The van der Waals surface area contributed by atoms with Crippen molar-refractivity contribution in [1.82, 2.24) is 8.75 Å². The molecule has 11 heteroatoms. The molecular formula is C30H47N5O5S. The van der Waals surface area contributed by atoms with Crippen molar-refractivity contribution in [1.29, 1.82) is 0 Å². The summed E-state index contributed by atoms with van der Waals surface area (Å²) in [6.45, 7) is 2.40. The number of nitro groups is 1. The largest absolute Gasteiger partial charge is 0.390 e. The van der Waals surface area contributed by atoms with Gasteiger partial charge < -0.3 is 15.5 Å². The molecule has 2 aromatic rings. The lowest BCUT2D eigenvalue weighted by Crippen LogP contribution is -2.23. The maximum absolute atomic E-state index is 12.2. The SMILES string of the molecule is CCCCCCCCCCCCC/C=C/[C@@H](O)C(CO)=NC(=O)CCCCCNc1ccc([N+](=O)[O-])c2nsnc12. The van der Waals surface area contributed by atoms with Gasteiger partial charge in [-0.05, 0) is 31.7 Å². The molecule has 0 unspecified atom stereocenters. The molecule has 1 aromatic heterocycles. The Bertz CT molecular complexity index is 1100. The summed E-state index contributed by atoms with van der Waals surface area (Å²) in [6, 6.07) is 3.05. The molecule has 1 atom stereocenters. The van der Waals surface area contributed by atoms with Gasteiger partial charge in [0.2, 0.25) is 5.91 Å². The Kier molecular flexibility index (Phi) is 17.7. The van der Waals surface area contributed by atoms with Gasteiger partial charge in [0.25, 0.3) is 5.69 Å². The number of benzene rings is 1. The maximum Gasteiger partial charge on any atom is 0.298 e. The first-order chi connectivity index (χ1) is 20.0. The Morgan fingerprint density at radius 1 is 1.00 bits per heavy atom. The number of aliphatic hydroxyl groups excluding tert-OH is 2. The normalized spacial score (nSPS) is 12.8. The number of hydrogen-bond acceptors (Lipinski definition) is 9. The number of anilines is 1. The highest BCUT2D eigenvalue weighted by molar-refractivity contribution is 7.00. The zero-order chi connectivity index (χ0) is 29.7. The minimum absolute atomic E-state index is 0.0643. The summed E-state index contributed by atoms with van der Waals surface area (Å²) in [4.78, 5) is 26.8. The second-order valence-corrected chi connectivity index (χ2v) is 11.0. The van der Waals surface area contributed by atoms with Crippen LogP contribution < -0.4 is 5.32 Å². The number of carbonyl (C=O) groups excluding carboxylic acids is 1. The number of nitro benzene ring substituents is 1. The van der Waals surface area contributed by atoms with E-state index in [1.165, 1.54) is 70.3 Å². The van der Waals surface area contributed by atoms with Crippen LogP contribution in [0.3, 0.4) is 0 Å². The molecule has 0 saturated carbocycles. The molecular weight excluding hydrogens is 542 g/mol. The third kappa shape index (κ3) is 13.6. The van der Waals surface area contributed by atoms with Crippen molar-refractivity contribution in [3.63, 3.8) is 0 Å². The Morgan fingerprint density at radius 2 is 1.63 bits per heavy atom. The molecule has 228 valence electrons. The van der Waals surface area contributed by atoms with E-state index in [2.05, 4.69) is 26.0 Å². The molecule has 0 bridgehead atoms. The molecule has 0 spiro atoms. The van der Waals surface area contributed by atoms with Crippen LogP contribution in [0.25, 0.3) is 11.0 Å². The highest BCUT2D eigenvalue weighted by Gasteiger charge is 2.18. The number of carbonyl (C=O) groups is 1. The number of nitrogens with one attached hydrogen (secondary N) is 1. The van der Waals surface area contributed by atoms with Gasteiger partial charge in [-0.1, -0.05) is 89.7 Å². The van der Waals surface area contributed by atoms with Gasteiger partial charge >= 0.3 is 0 Å². The zero-order valence-electron chi connectivity index (χ0n) is 24.4. The fraction of sp³-hybridized carbons (Fsp3) is 0.667. The van der Waals surface area contributed by atoms with Gasteiger partial charge in [-0.2, -0.15) is 8.75 Å². The van der Waals surface area contributed by atoms with Gasteiger partial charge in [-0.25, -0.2) is 4.99 Å². The molecule has 1 amide bonds. The molecule has 0 aliphatic heterocycles. The van der Waals surface area contributed by atoms with E-state index >= 15 is 0 Å². The van der Waals surface area contributed by atoms with Crippen LogP contribution >= 0.6 is 11.7 Å². The first-order valence-corrected chi connectivity index (χ1v) is 15.9. The molecule has 1 heterocycles. The van der Waals surface area contributed by atoms with Crippen LogP contribution in [0.5, 0.6) is 0 Å². The number of amides is 1. The Labute approximate surface area is 247 Å². The summed E-state index contributed by atoms with van der Waals surface area (Å²) in [5.41, 5.74) is 1.46. The lowest BCUT2D eigenvalue weighted by molar-refractivity contribution is -0.383. The molecule has 41 heavy (non-hydrogen) atoms. The van der Waals surface area contributed by atoms with E-state index in [4.69, 9.17) is 0 Å². The van der Waals surface area contributed by atoms with E-state index in [-0.39, 0.29) is 29.2 Å². The van der Waals surface area contributed by atoms with E-state index < -0.39 is 17.6 Å². The Balaban J connectivity index is 1.57. The fourth-order valence-corrected chi connectivity index (χ4v) is 5.19. The molecule has 0 radical (unpaired) electrons. The molecule has 1 aromatic carbocycles. The standard InChI is InChI=1S/C30H47N5O5S/c1-2-3-4-5-6-7-8-9-10-11-12-13-15-18-27(37)25(23-36)32-28(38)19-16-14-17-22-31-24-20-21-26(35(39)40)30-29(24)33-41-34-30/h15,18,20-21,27,31,36-37H,2-14,16-17,19,22-23H2,1H3/b18-15+,32-25?/t27-/m1/s1. The van der Waals surface area contributed by atoms with Gasteiger partial charge in [0, 0.05) is 19.0 Å². The van der Waals surface area contributed by atoms with Crippen molar-refractivity contribution in [2.75, 3.05) is 18.5 Å². The van der Waals surface area contributed by atoms with Crippen LogP contribution in [0.1, 0.15) is 110 Å². The smallest absolute Gasteiger partial charge is 0.298 e. The number of aromatic nitrogens is 2. The minimum atomic E-state index is -1.06. The Morgan fingerprint density at radius 3 is 2.29 bits per heavy atom. The van der Waals surface area contributed by atoms with Crippen molar-refractivity contribution in [3.8, 4) is 0 Å². The second-order valence-electron chi connectivity index (χ2n) is 10.4. The fourth-order valence-electron chi connectivity index (χ4n) is 4.62. The average molecular weight is 590 g/mol. The topological polar surface area (TPSA) is 151 Å². The van der Waals surface area contributed by atoms with E-state index in [1.54, 1.807) is 12.1 Å². The number of non-ortho nitro benzene ring substituents is 1. The molecule has 0 aliphatic rings. The molecule has 10 nitrogen and oxygen atoms in total. The predicted molar refractivity (Wildman–Crippen MR) is 167 cm³/mol. The number of aliphatic imine (C=N–C) groups is 1. The molecule has 2 rings (SSSR count). The predicted octanol–water partition coefficient (Wildman–Crippen LogP) is 7.15. The molecule has 0 fully saturated rings. The second kappa shape index (κ2) is 21.0. The summed E-state index contributed by atoms with van der Waals surface area (Å²) in [6.07, 6.45) is 19.9. The summed E-state index contributed by atoms with van der Waals surface area (Å²) < 4.78 is 8.19. The first-order valence-electron chi connectivity index (χ1n) is 15.2. The van der Waals surface area contributed by atoms with Crippen molar-refractivity contribution >= 4 is 45.8 Å². The Hall–Kier alpha value is -2.76. The van der Waals surface area contributed by atoms with Crippen molar-refractivity contribution in [2.45, 2.75) is 116 Å². The van der Waals surface area contributed by atoms with E-state index in [1.807, 2.05) is 6.08 Å². The summed E-state index contributed by atoms with van der Waals surface area (Å²) >= 11 is 0.935. The average Bonchev–Trinajstić information content (AvgIpc) is 3.46. The number of allylic oxidation sites excluding steroid dienone is 1. The summed E-state index contributed by atoms with van der Waals surface area (Å²) in [5, 5.41) is 34.2. The number of fused-ring (bicyclic) bond motifs is 1. The molecule has 0 aliphatic carbocycles. The number of nitrogens with zero attached hydrogens (tertiary/aromatic N) is 4. The number of hydrogen-bond donors (Lipinski definition) is 3. The summed E-state index contributed by atoms with van der Waals surface area (Å²) in [7, 11) is 0. The highest BCUT2D eigenvalue weighted by atomic mass is 32.1. The van der Waals surface area contributed by atoms with Crippen LogP contribution in [0.2, 0.25) is 0 Å². The lowest BCUT2D eigenvalue weighted by Gasteiger charge is -2.08. The van der Waals surface area contributed by atoms with Gasteiger partial charge in [0.1, 0.15) is 11.6 Å². The van der Waals surface area contributed by atoms with Gasteiger partial charge in [0.15, 0.2) is 5.52 Å². The zero-order valence-corrected chi connectivity index (χ0v) is 25.2. The maximum atomic E-state index is 12.2. The van der Waals surface area contributed by atoms with Crippen molar-refractivity contribution < 1.29 is 19.9 Å². The highest BCUT2D eigenvalue weighted by Crippen LogP contribution is 2.29. The van der Waals surface area contributed by atoms with Crippen LogP contribution in [-0.2, 0) is 4.79 Å². The van der Waals surface area contributed by atoms with Crippen LogP contribution in [0, 0.1) is 10.1 Å². The quantitative estimate of drug-likeness (QED) is 0.0406. The number of unbranched alkanes of at least 4 members (excludes halogenated alkanes) is 13. The monoisotopic (exact) mass is 589 g/mol. The van der Waals surface area contributed by atoms with E-state index in [0.29, 0.717) is 24.2 Å². The van der Waals surface area contributed by atoms with E-state index in [0.717, 1.165) is 37.4 Å². The number of aliphatic hydroxyl groups is 2. The van der Waals surface area contributed by atoms with Crippen molar-refractivity contribution in [2.24, 2.45) is 4.99 Å². The third-order valence-corrected chi connectivity index (χ3v) is 7.57. The van der Waals surface area contributed by atoms with Gasteiger partial charge in [-0.3, -0.25) is 14.9 Å². The lowest BCUT2D eigenvalue weighted by atomic mass is 10.1. The number of rotatable bonds is 23. The van der Waals surface area contributed by atoms with Crippen LogP contribution in [0.15, 0.2) is 29.3 Å². The minimum Gasteiger partial charge on any atom is -0.390 e. The van der Waals surface area contributed by atoms with Crippen LogP contribution in [0.4, 0.5) is 11.4 Å². The first kappa shape index (κ1) is 34.4. The molecule has 0 saturated heterocycles. The third-order valence-electron chi connectivity index (χ3n) is 7.04. The van der Waals surface area contributed by atoms with Crippen molar-refractivity contribution in [3.05, 3.63) is 34.4 Å². The van der Waals surface area contributed by atoms with Gasteiger partial charge in [-0.15, -0.1) is 0 Å². The van der Waals surface area contributed by atoms with E-state index in [9.17, 15) is 25.1 Å². The molecule has 3 N–H and O–H groups in total. The van der Waals surface area contributed by atoms with Crippen LogP contribution in [-0.4, -0.2) is 54.8 Å². The summed E-state index contributed by atoms with van der Waals surface area (Å²) in [5.74, 6) is -0.356.